The molecule has 0 saturated carbocycles. The molecular weight excluding hydrogens is 208 g/mol. The highest BCUT2D eigenvalue weighted by Gasteiger charge is 2.19. The number of aliphatic hydroxyl groups excluding tert-OH is 1. The normalized spacial score (nSPS) is 13.9. The van der Waals surface area contributed by atoms with E-state index in [-0.39, 0.29) is 18.8 Å². The Morgan fingerprint density at radius 3 is 2.94 bits per heavy atom. The van der Waals surface area contributed by atoms with Crippen LogP contribution in [-0.4, -0.2) is 33.9 Å². The van der Waals surface area contributed by atoms with E-state index in [2.05, 4.69) is 10.3 Å². The van der Waals surface area contributed by atoms with Crippen LogP contribution < -0.4 is 11.1 Å². The molecule has 86 valence electrons. The van der Waals surface area contributed by atoms with Crippen molar-refractivity contribution in [3.8, 4) is 6.07 Å². The molecular formula is C10H14N4O2. The molecule has 6 nitrogen and oxygen atoms in total. The van der Waals surface area contributed by atoms with E-state index in [0.717, 1.165) is 0 Å². The van der Waals surface area contributed by atoms with Crippen LogP contribution in [0, 0.1) is 11.3 Å². The van der Waals surface area contributed by atoms with Gasteiger partial charge in [-0.15, -0.1) is 0 Å². The van der Waals surface area contributed by atoms with Gasteiger partial charge in [-0.2, -0.15) is 5.26 Å². The summed E-state index contributed by atoms with van der Waals surface area (Å²) in [5.41, 5.74) is 4.98. The van der Waals surface area contributed by atoms with E-state index in [1.54, 1.807) is 0 Å². The lowest BCUT2D eigenvalue weighted by atomic mass is 10.1. The predicted octanol–water partition coefficient (Wildman–Crippen LogP) is -0.309. The van der Waals surface area contributed by atoms with E-state index in [9.17, 15) is 5.11 Å². The summed E-state index contributed by atoms with van der Waals surface area (Å²) in [7, 11) is 0. The third kappa shape index (κ3) is 2.82. The Balaban J connectivity index is 2.80. The highest BCUT2D eigenvalue weighted by Crippen LogP contribution is 2.19. The van der Waals surface area contributed by atoms with E-state index in [0.29, 0.717) is 11.4 Å². The molecule has 0 bridgehead atoms. The molecule has 1 atom stereocenters. The lowest BCUT2D eigenvalue weighted by molar-refractivity contribution is 0.0132. The minimum absolute atomic E-state index is 0.0928. The molecule has 1 heterocycles. The Hall–Kier alpha value is -1.84. The van der Waals surface area contributed by atoms with Crippen molar-refractivity contribution in [2.45, 2.75) is 12.5 Å². The fourth-order valence-electron chi connectivity index (χ4n) is 1.04. The molecule has 5 N–H and O–H groups in total. The second-order valence-electron chi connectivity index (χ2n) is 3.74. The first-order valence-corrected chi connectivity index (χ1v) is 4.72. The maximum atomic E-state index is 9.56. The summed E-state index contributed by atoms with van der Waals surface area (Å²) < 4.78 is 0. The van der Waals surface area contributed by atoms with Crippen molar-refractivity contribution in [3.05, 3.63) is 17.8 Å². The Bertz CT molecular complexity index is 412. The first-order chi connectivity index (χ1) is 7.50. The number of nitrogens with zero attached hydrogens (tertiary/aromatic N) is 2. The number of anilines is 2. The third-order valence-corrected chi connectivity index (χ3v) is 2.09. The molecule has 1 rings (SSSR count). The molecule has 0 aromatic carbocycles. The van der Waals surface area contributed by atoms with Gasteiger partial charge in [0.05, 0.1) is 17.9 Å². The highest BCUT2D eigenvalue weighted by atomic mass is 16.3. The fraction of sp³-hybridized carbons (Fsp3) is 0.400. The van der Waals surface area contributed by atoms with Crippen LogP contribution in [0.15, 0.2) is 12.3 Å². The Morgan fingerprint density at radius 1 is 1.69 bits per heavy atom. The number of aliphatic hydroxyl groups is 2. The van der Waals surface area contributed by atoms with E-state index in [1.807, 2.05) is 6.07 Å². The summed E-state index contributed by atoms with van der Waals surface area (Å²) in [5.74, 6) is 0.327. The maximum Gasteiger partial charge on any atom is 0.150 e. The summed E-state index contributed by atoms with van der Waals surface area (Å²) in [4.78, 5) is 3.94. The zero-order valence-electron chi connectivity index (χ0n) is 8.94. The molecule has 0 aliphatic rings. The number of pyridine rings is 1. The minimum Gasteiger partial charge on any atom is -0.395 e. The van der Waals surface area contributed by atoms with Gasteiger partial charge in [0.25, 0.3) is 0 Å². The van der Waals surface area contributed by atoms with E-state index in [1.165, 1.54) is 19.2 Å². The zero-order valence-corrected chi connectivity index (χ0v) is 8.94. The van der Waals surface area contributed by atoms with Gasteiger partial charge >= 0.3 is 0 Å². The largest absolute Gasteiger partial charge is 0.395 e. The second-order valence-corrected chi connectivity index (χ2v) is 3.74. The molecule has 6 heteroatoms. The van der Waals surface area contributed by atoms with Crippen molar-refractivity contribution >= 4 is 11.5 Å². The number of rotatable bonds is 4. The van der Waals surface area contributed by atoms with Gasteiger partial charge in [-0.3, -0.25) is 0 Å². The van der Waals surface area contributed by atoms with Crippen LogP contribution in [0.3, 0.4) is 0 Å². The van der Waals surface area contributed by atoms with Gasteiger partial charge in [0.2, 0.25) is 0 Å². The molecule has 0 aliphatic heterocycles. The van der Waals surface area contributed by atoms with Gasteiger partial charge in [0.15, 0.2) is 5.82 Å². The molecule has 0 radical (unpaired) electrons. The molecule has 0 saturated heterocycles. The van der Waals surface area contributed by atoms with Crippen molar-refractivity contribution in [1.82, 2.24) is 4.98 Å². The SMILES string of the molecule is CC(O)(CO)CNc1nccc(C#N)c1N. The van der Waals surface area contributed by atoms with Gasteiger partial charge in [0.1, 0.15) is 11.7 Å². The number of nitriles is 1. The highest BCUT2D eigenvalue weighted by molar-refractivity contribution is 5.68. The van der Waals surface area contributed by atoms with Crippen molar-refractivity contribution in [1.29, 1.82) is 5.26 Å². The summed E-state index contributed by atoms with van der Waals surface area (Å²) in [5, 5.41) is 29.9. The molecule has 0 aliphatic carbocycles. The summed E-state index contributed by atoms with van der Waals surface area (Å²) >= 11 is 0. The number of aromatic nitrogens is 1. The first-order valence-electron chi connectivity index (χ1n) is 4.72. The molecule has 1 unspecified atom stereocenters. The van der Waals surface area contributed by atoms with Gasteiger partial charge in [-0.25, -0.2) is 4.98 Å². The topological polar surface area (TPSA) is 115 Å². The fourth-order valence-corrected chi connectivity index (χ4v) is 1.04. The van der Waals surface area contributed by atoms with Crippen LogP contribution in [0.4, 0.5) is 11.5 Å². The number of nitrogens with two attached hydrogens (primary N) is 1. The van der Waals surface area contributed by atoms with Gasteiger partial charge in [0, 0.05) is 12.7 Å². The Kier molecular flexibility index (Phi) is 3.66. The summed E-state index contributed by atoms with van der Waals surface area (Å²) in [6.45, 7) is 1.19. The number of nitrogens with one attached hydrogen (secondary N) is 1. The van der Waals surface area contributed by atoms with Crippen molar-refractivity contribution in [2.24, 2.45) is 0 Å². The summed E-state index contributed by atoms with van der Waals surface area (Å²) in [6, 6.07) is 3.43. The first kappa shape index (κ1) is 12.2. The predicted molar refractivity (Wildman–Crippen MR) is 59.6 cm³/mol. The van der Waals surface area contributed by atoms with Crippen LogP contribution in [0.2, 0.25) is 0 Å². The number of hydrogen-bond acceptors (Lipinski definition) is 6. The average Bonchev–Trinajstić information content (AvgIpc) is 2.28. The van der Waals surface area contributed by atoms with Crippen molar-refractivity contribution < 1.29 is 10.2 Å². The lowest BCUT2D eigenvalue weighted by Crippen LogP contribution is -2.37. The second kappa shape index (κ2) is 4.79. The molecule has 0 fully saturated rings. The smallest absolute Gasteiger partial charge is 0.150 e. The maximum absolute atomic E-state index is 9.56. The van der Waals surface area contributed by atoms with Gasteiger partial charge in [-0.05, 0) is 13.0 Å². The van der Waals surface area contributed by atoms with Crippen molar-refractivity contribution in [2.75, 3.05) is 24.2 Å². The monoisotopic (exact) mass is 222 g/mol. The Morgan fingerprint density at radius 2 is 2.38 bits per heavy atom. The number of hydrogen-bond donors (Lipinski definition) is 4. The third-order valence-electron chi connectivity index (χ3n) is 2.09. The zero-order chi connectivity index (χ0) is 12.2. The van der Waals surface area contributed by atoms with Crippen LogP contribution >= 0.6 is 0 Å². The van der Waals surface area contributed by atoms with E-state index in [4.69, 9.17) is 16.1 Å². The molecule has 0 spiro atoms. The van der Waals surface area contributed by atoms with Crippen LogP contribution in [0.25, 0.3) is 0 Å². The summed E-state index contributed by atoms with van der Waals surface area (Å²) in [6.07, 6.45) is 1.45. The number of nitrogen functional groups attached to an aromatic ring is 1. The molecule has 1 aromatic heterocycles. The average molecular weight is 222 g/mol. The molecule has 1 aromatic rings. The minimum atomic E-state index is -1.25. The molecule has 16 heavy (non-hydrogen) atoms. The van der Waals surface area contributed by atoms with Crippen LogP contribution in [0.1, 0.15) is 12.5 Å². The van der Waals surface area contributed by atoms with Crippen LogP contribution in [-0.2, 0) is 0 Å². The van der Waals surface area contributed by atoms with E-state index < -0.39 is 5.60 Å². The molecule has 0 amide bonds. The van der Waals surface area contributed by atoms with Gasteiger partial charge in [-0.1, -0.05) is 0 Å². The standard InChI is InChI=1S/C10H14N4O2/c1-10(16,6-15)5-14-9-8(12)7(4-11)2-3-13-9/h2-3,15-16H,5-6,12H2,1H3,(H,13,14). The quantitative estimate of drug-likeness (QED) is 0.555. The van der Waals surface area contributed by atoms with Crippen molar-refractivity contribution in [3.63, 3.8) is 0 Å². The lowest BCUT2D eigenvalue weighted by Gasteiger charge is -2.21. The Labute approximate surface area is 93.3 Å². The van der Waals surface area contributed by atoms with Crippen LogP contribution in [0.5, 0.6) is 0 Å². The van der Waals surface area contributed by atoms with Gasteiger partial charge < -0.3 is 21.3 Å². The van der Waals surface area contributed by atoms with E-state index >= 15 is 0 Å².